The third-order valence-electron chi connectivity index (χ3n) is 2.70. The van der Waals surface area contributed by atoms with Crippen molar-refractivity contribution in [3.8, 4) is 0 Å². The Kier molecular flexibility index (Phi) is 3.30. The van der Waals surface area contributed by atoms with Gasteiger partial charge in [0.2, 0.25) is 0 Å². The maximum Gasteiger partial charge on any atom is 0.272 e. The van der Waals surface area contributed by atoms with Crippen LogP contribution in [0.15, 0.2) is 6.20 Å². The molecule has 0 radical (unpaired) electrons. The highest BCUT2D eigenvalue weighted by Crippen LogP contribution is 2.29. The molecule has 8 nitrogen and oxygen atoms in total. The lowest BCUT2D eigenvalue weighted by atomic mass is 10.1. The monoisotopic (exact) mass is 261 g/mol. The van der Waals surface area contributed by atoms with Gasteiger partial charge in [-0.05, 0) is 0 Å². The first-order valence-electron chi connectivity index (χ1n) is 5.12. The van der Waals surface area contributed by atoms with Crippen molar-refractivity contribution < 1.29 is 29.2 Å². The van der Waals surface area contributed by atoms with Crippen LogP contribution in [0.25, 0.3) is 0 Å². The molecule has 0 saturated carbocycles. The fraction of sp³-hybridized carbons (Fsp3) is 0.556. The lowest BCUT2D eigenvalue weighted by molar-refractivity contribution is -0.0588. The van der Waals surface area contributed by atoms with Crippen LogP contribution in [0.2, 0.25) is 0 Å². The molecule has 18 heavy (non-hydrogen) atoms. The Morgan fingerprint density at radius 1 is 1.56 bits per heavy atom. The summed E-state index contributed by atoms with van der Waals surface area (Å²) in [5.41, 5.74) is 4.30. The van der Waals surface area contributed by atoms with Crippen LogP contribution < -0.4 is 5.73 Å². The zero-order chi connectivity index (χ0) is 13.4. The number of rotatable bonds is 3. The Morgan fingerprint density at radius 2 is 2.22 bits per heavy atom. The van der Waals surface area contributed by atoms with Crippen LogP contribution in [-0.4, -0.2) is 55.9 Å². The molecule has 100 valence electrons. The normalized spacial score (nSPS) is 31.8. The van der Waals surface area contributed by atoms with Gasteiger partial charge in [-0.1, -0.05) is 0 Å². The van der Waals surface area contributed by atoms with E-state index in [0.717, 1.165) is 10.9 Å². The van der Waals surface area contributed by atoms with Crippen LogP contribution in [0.1, 0.15) is 16.7 Å². The third kappa shape index (κ3) is 1.97. The third-order valence-corrected chi connectivity index (χ3v) is 2.70. The van der Waals surface area contributed by atoms with Crippen LogP contribution in [0.4, 0.5) is 4.39 Å². The number of ether oxygens (including phenoxy) is 1. The maximum absolute atomic E-state index is 13.3. The number of carbonyl (C=O) groups excluding carboxylic acids is 1. The molecule has 1 amide bonds. The number of aliphatic hydroxyl groups excluding tert-OH is 3. The Labute approximate surface area is 100 Å². The molecule has 1 fully saturated rings. The van der Waals surface area contributed by atoms with E-state index < -0.39 is 48.6 Å². The van der Waals surface area contributed by atoms with Crippen LogP contribution in [0, 0.1) is 5.82 Å². The second-order valence-corrected chi connectivity index (χ2v) is 3.90. The highest BCUT2D eigenvalue weighted by atomic mass is 19.1. The molecular weight excluding hydrogens is 249 g/mol. The molecule has 1 aromatic heterocycles. The number of halogens is 1. The first-order valence-corrected chi connectivity index (χ1v) is 5.12. The van der Waals surface area contributed by atoms with Gasteiger partial charge in [-0.25, -0.2) is 9.07 Å². The van der Waals surface area contributed by atoms with E-state index in [4.69, 9.17) is 15.6 Å². The zero-order valence-electron chi connectivity index (χ0n) is 9.10. The first-order chi connectivity index (χ1) is 8.45. The summed E-state index contributed by atoms with van der Waals surface area (Å²) in [6.07, 6.45) is -4.11. The topological polar surface area (TPSA) is 131 Å². The fourth-order valence-corrected chi connectivity index (χ4v) is 1.77. The molecule has 0 aromatic carbocycles. The average molecular weight is 261 g/mol. The summed E-state index contributed by atoms with van der Waals surface area (Å²) >= 11 is 0. The number of carbonyl (C=O) groups is 1. The van der Waals surface area contributed by atoms with Gasteiger partial charge >= 0.3 is 0 Å². The molecule has 2 rings (SSSR count). The van der Waals surface area contributed by atoms with Crippen LogP contribution in [0.5, 0.6) is 0 Å². The van der Waals surface area contributed by atoms with E-state index in [1.54, 1.807) is 0 Å². The molecule has 2 heterocycles. The van der Waals surface area contributed by atoms with Crippen molar-refractivity contribution in [1.82, 2.24) is 9.78 Å². The van der Waals surface area contributed by atoms with Crippen molar-refractivity contribution >= 4 is 5.91 Å². The van der Waals surface area contributed by atoms with Gasteiger partial charge in [-0.2, -0.15) is 5.10 Å². The minimum atomic E-state index is -1.40. The molecule has 9 heteroatoms. The van der Waals surface area contributed by atoms with Crippen molar-refractivity contribution in [3.63, 3.8) is 0 Å². The fourth-order valence-electron chi connectivity index (χ4n) is 1.77. The summed E-state index contributed by atoms with van der Waals surface area (Å²) in [6.45, 7) is -0.513. The highest BCUT2D eigenvalue weighted by molar-refractivity contribution is 5.90. The van der Waals surface area contributed by atoms with E-state index in [1.807, 2.05) is 0 Å². The number of hydrogen-bond donors (Lipinski definition) is 4. The van der Waals surface area contributed by atoms with Crippen LogP contribution in [-0.2, 0) is 4.74 Å². The second-order valence-electron chi connectivity index (χ2n) is 3.90. The van der Waals surface area contributed by atoms with E-state index in [0.29, 0.717) is 0 Å². The van der Waals surface area contributed by atoms with Gasteiger partial charge in [0, 0.05) is 0 Å². The van der Waals surface area contributed by atoms with Crippen molar-refractivity contribution in [2.24, 2.45) is 5.73 Å². The summed E-state index contributed by atoms with van der Waals surface area (Å²) < 4.78 is 19.2. The number of aliphatic hydroxyl groups is 3. The number of amides is 1. The Hall–Kier alpha value is -1.55. The quantitative estimate of drug-likeness (QED) is 0.485. The summed E-state index contributed by atoms with van der Waals surface area (Å²) in [7, 11) is 0. The molecular formula is C9H12FN3O5. The zero-order valence-corrected chi connectivity index (χ0v) is 9.10. The summed E-state index contributed by atoms with van der Waals surface area (Å²) in [4.78, 5) is 10.8. The van der Waals surface area contributed by atoms with E-state index in [2.05, 4.69) is 5.10 Å². The molecule has 0 bridgehead atoms. The standard InChI is InChI=1S/C9H12FN3O5/c10-3-1-13(12-5(3)8(11)17)9-7(16)6(15)4(2-14)18-9/h1,4,6-7,9,14-16H,2H2,(H2,11,17)/t4-,6-,7-,9-/m1/s1. The van der Waals surface area contributed by atoms with Gasteiger partial charge in [0.05, 0.1) is 12.8 Å². The Balaban J connectivity index is 2.27. The Bertz CT molecular complexity index is 465. The van der Waals surface area contributed by atoms with Gasteiger partial charge in [-0.15, -0.1) is 0 Å². The minimum absolute atomic E-state index is 0.513. The van der Waals surface area contributed by atoms with Gasteiger partial charge in [-0.3, -0.25) is 4.79 Å². The number of nitrogens with zero attached hydrogens (tertiary/aromatic N) is 2. The van der Waals surface area contributed by atoms with Gasteiger partial charge < -0.3 is 25.8 Å². The largest absolute Gasteiger partial charge is 0.394 e. The first kappa shape index (κ1) is 12.9. The average Bonchev–Trinajstić information content (AvgIpc) is 2.82. The molecule has 1 aliphatic heterocycles. The van der Waals surface area contributed by atoms with E-state index in [9.17, 15) is 19.4 Å². The SMILES string of the molecule is NC(=O)c1nn([C@@H]2O[C@H](CO)[C@@H](O)[C@H]2O)cc1F. The van der Waals surface area contributed by atoms with Crippen molar-refractivity contribution in [2.75, 3.05) is 6.61 Å². The van der Waals surface area contributed by atoms with Crippen molar-refractivity contribution in [2.45, 2.75) is 24.5 Å². The number of nitrogens with two attached hydrogens (primary N) is 1. The molecule has 0 spiro atoms. The van der Waals surface area contributed by atoms with Crippen LogP contribution >= 0.6 is 0 Å². The van der Waals surface area contributed by atoms with Gasteiger partial charge in [0.15, 0.2) is 17.7 Å². The molecule has 0 aliphatic carbocycles. The van der Waals surface area contributed by atoms with E-state index in [1.165, 1.54) is 0 Å². The molecule has 1 aromatic rings. The van der Waals surface area contributed by atoms with Crippen molar-refractivity contribution in [1.29, 1.82) is 0 Å². The maximum atomic E-state index is 13.3. The molecule has 5 N–H and O–H groups in total. The summed E-state index contributed by atoms with van der Waals surface area (Å²) in [6, 6.07) is 0. The summed E-state index contributed by atoms with van der Waals surface area (Å²) in [5.74, 6) is -2.02. The highest BCUT2D eigenvalue weighted by Gasteiger charge is 2.44. The van der Waals surface area contributed by atoms with Crippen LogP contribution in [0.3, 0.4) is 0 Å². The molecule has 4 atom stereocenters. The Morgan fingerprint density at radius 3 is 2.67 bits per heavy atom. The summed E-state index contributed by atoms with van der Waals surface area (Å²) in [5, 5.41) is 31.6. The number of aromatic nitrogens is 2. The predicted octanol–water partition coefficient (Wildman–Crippen LogP) is -2.27. The van der Waals surface area contributed by atoms with Gasteiger partial charge in [0.25, 0.3) is 5.91 Å². The predicted molar refractivity (Wildman–Crippen MR) is 53.7 cm³/mol. The van der Waals surface area contributed by atoms with E-state index in [-0.39, 0.29) is 0 Å². The smallest absolute Gasteiger partial charge is 0.272 e. The van der Waals surface area contributed by atoms with Crippen molar-refractivity contribution in [3.05, 3.63) is 17.7 Å². The number of primary amides is 1. The van der Waals surface area contributed by atoms with Gasteiger partial charge in [0.1, 0.15) is 18.3 Å². The molecule has 1 saturated heterocycles. The lowest BCUT2D eigenvalue weighted by Crippen LogP contribution is -2.33. The number of hydrogen-bond acceptors (Lipinski definition) is 6. The minimum Gasteiger partial charge on any atom is -0.394 e. The van der Waals surface area contributed by atoms with E-state index >= 15 is 0 Å². The molecule has 1 aliphatic rings. The molecule has 0 unspecified atom stereocenters. The lowest BCUT2D eigenvalue weighted by Gasteiger charge is -2.14. The second kappa shape index (κ2) is 4.61.